The Labute approximate surface area is 268 Å². The second-order valence-corrected chi connectivity index (χ2v) is 11.7. The summed E-state index contributed by atoms with van der Waals surface area (Å²) in [6, 6.07) is 13.6. The molecular formula is C39H60O5. The van der Waals surface area contributed by atoms with Crippen LogP contribution < -0.4 is 14.2 Å². The Morgan fingerprint density at radius 3 is 1.59 bits per heavy atom. The summed E-state index contributed by atoms with van der Waals surface area (Å²) < 4.78 is 25.4. The highest BCUT2D eigenvalue weighted by atomic mass is 16.5. The number of Topliss-reactive ketones (excluding diaryl/α,β-unsaturated/α-hetero) is 1. The van der Waals surface area contributed by atoms with Crippen molar-refractivity contribution in [1.29, 1.82) is 0 Å². The lowest BCUT2D eigenvalue weighted by molar-refractivity contribution is 0.0913. The summed E-state index contributed by atoms with van der Waals surface area (Å²) in [5, 5.41) is 0. The third kappa shape index (κ3) is 14.7. The summed E-state index contributed by atoms with van der Waals surface area (Å²) in [5.74, 6) is 1.79. The van der Waals surface area contributed by atoms with Crippen LogP contribution in [0.1, 0.15) is 146 Å². The van der Waals surface area contributed by atoms with Gasteiger partial charge in [-0.05, 0) is 49.5 Å². The van der Waals surface area contributed by atoms with Crippen LogP contribution in [0.3, 0.4) is 0 Å². The van der Waals surface area contributed by atoms with Crippen LogP contribution in [0, 0.1) is 0 Å². The second kappa shape index (κ2) is 24.4. The van der Waals surface area contributed by atoms with Crippen molar-refractivity contribution in [3.63, 3.8) is 0 Å². The first-order chi connectivity index (χ1) is 21.7. The number of rotatable bonds is 27. The van der Waals surface area contributed by atoms with Crippen molar-refractivity contribution in [2.75, 3.05) is 26.4 Å². The standard InChI is InChI=1S/C39H60O5/c1-5-9-13-20-28-41-35-27-26-34(38(43-30-22-15-11-7-3)39(35)44-31-23-16-12-8-4)37(40)36(42-29-21-14-10-6-2)32-33-24-18-17-19-25-33/h17-19,24-27,32H,5-16,20-23,28-31H2,1-4H3. The van der Waals surface area contributed by atoms with Crippen LogP contribution >= 0.6 is 0 Å². The second-order valence-electron chi connectivity index (χ2n) is 11.7. The molecule has 0 saturated carbocycles. The molecular weight excluding hydrogens is 548 g/mol. The highest BCUT2D eigenvalue weighted by molar-refractivity contribution is 6.12. The molecule has 0 radical (unpaired) electrons. The van der Waals surface area contributed by atoms with Crippen LogP contribution in [0.25, 0.3) is 6.08 Å². The van der Waals surface area contributed by atoms with E-state index in [4.69, 9.17) is 18.9 Å². The molecule has 2 rings (SSSR count). The van der Waals surface area contributed by atoms with E-state index in [1.54, 1.807) is 0 Å². The molecule has 0 bridgehead atoms. The van der Waals surface area contributed by atoms with Gasteiger partial charge in [0.15, 0.2) is 17.3 Å². The van der Waals surface area contributed by atoms with Gasteiger partial charge in [-0.15, -0.1) is 0 Å². The van der Waals surface area contributed by atoms with Crippen molar-refractivity contribution < 1.29 is 23.7 Å². The predicted molar refractivity (Wildman–Crippen MR) is 184 cm³/mol. The lowest BCUT2D eigenvalue weighted by atomic mass is 10.0. The Kier molecular flexibility index (Phi) is 20.6. The third-order valence-electron chi connectivity index (χ3n) is 7.64. The summed E-state index contributed by atoms with van der Waals surface area (Å²) in [4.78, 5) is 14.3. The van der Waals surface area contributed by atoms with Gasteiger partial charge in [-0.2, -0.15) is 0 Å². The number of carbonyl (C=O) groups excluding carboxylic acids is 1. The summed E-state index contributed by atoms with van der Waals surface area (Å²) in [7, 11) is 0. The smallest absolute Gasteiger partial charge is 0.231 e. The van der Waals surface area contributed by atoms with E-state index >= 15 is 0 Å². The monoisotopic (exact) mass is 608 g/mol. The summed E-state index contributed by atoms with van der Waals surface area (Å²) in [6.45, 7) is 11.0. The van der Waals surface area contributed by atoms with Gasteiger partial charge < -0.3 is 18.9 Å². The predicted octanol–water partition coefficient (Wildman–Crippen LogP) is 11.4. The van der Waals surface area contributed by atoms with E-state index in [1.807, 2.05) is 48.5 Å². The minimum absolute atomic E-state index is 0.196. The molecule has 0 fully saturated rings. The van der Waals surface area contributed by atoms with Crippen molar-refractivity contribution in [3.05, 3.63) is 59.4 Å². The lowest BCUT2D eigenvalue weighted by Crippen LogP contribution is -2.13. The maximum absolute atomic E-state index is 14.3. The van der Waals surface area contributed by atoms with Gasteiger partial charge in [0.1, 0.15) is 0 Å². The van der Waals surface area contributed by atoms with E-state index in [-0.39, 0.29) is 5.78 Å². The van der Waals surface area contributed by atoms with Gasteiger partial charge in [0, 0.05) is 0 Å². The number of unbranched alkanes of at least 4 members (excludes halogenated alkanes) is 12. The molecule has 0 aromatic heterocycles. The molecule has 0 N–H and O–H groups in total. The number of ketones is 1. The summed E-state index contributed by atoms with van der Waals surface area (Å²) >= 11 is 0. The number of ether oxygens (including phenoxy) is 4. The molecule has 0 aliphatic heterocycles. The molecule has 44 heavy (non-hydrogen) atoms. The maximum Gasteiger partial charge on any atom is 0.231 e. The fourth-order valence-corrected chi connectivity index (χ4v) is 4.95. The topological polar surface area (TPSA) is 54.0 Å². The van der Waals surface area contributed by atoms with Crippen LogP contribution in [0.15, 0.2) is 48.2 Å². The van der Waals surface area contributed by atoms with E-state index in [0.29, 0.717) is 55.0 Å². The molecule has 5 heteroatoms. The highest BCUT2D eigenvalue weighted by Gasteiger charge is 2.25. The van der Waals surface area contributed by atoms with Crippen molar-refractivity contribution in [3.8, 4) is 17.2 Å². The normalized spacial score (nSPS) is 11.4. The molecule has 0 atom stereocenters. The van der Waals surface area contributed by atoms with Crippen molar-refractivity contribution in [2.45, 2.75) is 130 Å². The number of allylic oxidation sites excluding steroid dienone is 1. The first-order valence-electron chi connectivity index (χ1n) is 17.7. The fraction of sp³-hybridized carbons (Fsp3) is 0.615. The Balaban J connectivity index is 2.46. The van der Waals surface area contributed by atoms with Crippen LogP contribution in [-0.2, 0) is 4.74 Å². The van der Waals surface area contributed by atoms with Crippen LogP contribution in [0.4, 0.5) is 0 Å². The van der Waals surface area contributed by atoms with Crippen LogP contribution in [0.2, 0.25) is 0 Å². The molecule has 5 nitrogen and oxygen atoms in total. The SMILES string of the molecule is CCCCCCOC(=Cc1ccccc1)C(=O)c1ccc(OCCCCCC)c(OCCCCCC)c1OCCCCCC. The highest BCUT2D eigenvalue weighted by Crippen LogP contribution is 2.42. The van der Waals surface area contributed by atoms with Crippen LogP contribution in [-0.4, -0.2) is 32.2 Å². The fourth-order valence-electron chi connectivity index (χ4n) is 4.95. The maximum atomic E-state index is 14.3. The van der Waals surface area contributed by atoms with Gasteiger partial charge in [0.25, 0.3) is 0 Å². The molecule has 0 unspecified atom stereocenters. The molecule has 0 aliphatic rings. The number of carbonyl (C=O) groups is 1. The average molecular weight is 609 g/mol. The zero-order valence-corrected chi connectivity index (χ0v) is 28.3. The number of hydrogen-bond acceptors (Lipinski definition) is 5. The van der Waals surface area contributed by atoms with Crippen molar-refractivity contribution in [1.82, 2.24) is 0 Å². The Morgan fingerprint density at radius 1 is 0.545 bits per heavy atom. The quantitative estimate of drug-likeness (QED) is 0.0437. The average Bonchev–Trinajstić information content (AvgIpc) is 3.04. The van der Waals surface area contributed by atoms with Crippen molar-refractivity contribution >= 4 is 11.9 Å². The van der Waals surface area contributed by atoms with E-state index in [9.17, 15) is 4.79 Å². The molecule has 0 aliphatic carbocycles. The van der Waals surface area contributed by atoms with Gasteiger partial charge in [-0.3, -0.25) is 4.79 Å². The molecule has 0 spiro atoms. The third-order valence-corrected chi connectivity index (χ3v) is 7.64. The molecule has 0 amide bonds. The van der Waals surface area contributed by atoms with E-state index in [1.165, 1.54) is 19.3 Å². The Hall–Kier alpha value is -2.95. The first kappa shape index (κ1) is 37.2. The number of hydrogen-bond donors (Lipinski definition) is 0. The Morgan fingerprint density at radius 2 is 1.05 bits per heavy atom. The largest absolute Gasteiger partial charge is 0.490 e. The summed E-state index contributed by atoms with van der Waals surface area (Å²) in [5.41, 5.74) is 1.38. The zero-order chi connectivity index (χ0) is 31.7. The van der Waals surface area contributed by atoms with Gasteiger partial charge in [-0.25, -0.2) is 0 Å². The van der Waals surface area contributed by atoms with Gasteiger partial charge in [0.05, 0.1) is 32.0 Å². The molecule has 0 saturated heterocycles. The zero-order valence-electron chi connectivity index (χ0n) is 28.3. The van der Waals surface area contributed by atoms with Crippen LogP contribution in [0.5, 0.6) is 17.2 Å². The molecule has 246 valence electrons. The Bertz CT molecular complexity index is 1050. The summed E-state index contributed by atoms with van der Waals surface area (Å²) in [6.07, 6.45) is 19.3. The van der Waals surface area contributed by atoms with Crippen molar-refractivity contribution in [2.24, 2.45) is 0 Å². The van der Waals surface area contributed by atoms with Gasteiger partial charge in [0.2, 0.25) is 11.5 Å². The lowest BCUT2D eigenvalue weighted by Gasteiger charge is -2.20. The number of benzene rings is 2. The van der Waals surface area contributed by atoms with Gasteiger partial charge >= 0.3 is 0 Å². The van der Waals surface area contributed by atoms with E-state index in [0.717, 1.165) is 89.0 Å². The van der Waals surface area contributed by atoms with Gasteiger partial charge in [-0.1, -0.05) is 135 Å². The molecule has 2 aromatic rings. The molecule has 2 aromatic carbocycles. The van der Waals surface area contributed by atoms with E-state index in [2.05, 4.69) is 27.7 Å². The van der Waals surface area contributed by atoms with E-state index < -0.39 is 0 Å². The minimum atomic E-state index is -0.196. The molecule has 0 heterocycles. The minimum Gasteiger partial charge on any atom is -0.490 e. The first-order valence-corrected chi connectivity index (χ1v) is 17.7.